The molecule has 8 heteroatoms. The van der Waals surface area contributed by atoms with Crippen molar-refractivity contribution in [1.29, 1.82) is 0 Å². The van der Waals surface area contributed by atoms with Gasteiger partial charge in [-0.2, -0.15) is 0 Å². The standard InChI is InChI=1S/C19H18N4O3S/c24-17(14-5-7-15(8-6-14)23(25)26)13-21-9-11-22(12-10-21)19-20-16-3-1-2-4-18(16)27-19/h1-8H,9-13H2. The lowest BCUT2D eigenvalue weighted by atomic mass is 10.1. The van der Waals surface area contributed by atoms with Gasteiger partial charge in [-0.1, -0.05) is 23.5 Å². The van der Waals surface area contributed by atoms with Gasteiger partial charge in [0, 0.05) is 43.9 Å². The Balaban J connectivity index is 1.34. The molecule has 4 rings (SSSR count). The Morgan fingerprint density at radius 1 is 1.07 bits per heavy atom. The van der Waals surface area contributed by atoms with Gasteiger partial charge in [-0.05, 0) is 24.3 Å². The quantitative estimate of drug-likeness (QED) is 0.383. The molecule has 1 aliphatic heterocycles. The average molecular weight is 382 g/mol. The molecular weight excluding hydrogens is 364 g/mol. The van der Waals surface area contributed by atoms with E-state index in [-0.39, 0.29) is 11.5 Å². The number of thiazole rings is 1. The van der Waals surface area contributed by atoms with E-state index < -0.39 is 4.92 Å². The summed E-state index contributed by atoms with van der Waals surface area (Å²) in [6.45, 7) is 3.55. The number of aromatic nitrogens is 1. The third kappa shape index (κ3) is 3.81. The van der Waals surface area contributed by atoms with Crippen molar-refractivity contribution in [3.8, 4) is 0 Å². The fourth-order valence-corrected chi connectivity index (χ4v) is 4.17. The van der Waals surface area contributed by atoms with Gasteiger partial charge in [0.05, 0.1) is 21.7 Å². The van der Waals surface area contributed by atoms with Crippen molar-refractivity contribution in [3.63, 3.8) is 0 Å². The molecule has 1 aromatic heterocycles. The van der Waals surface area contributed by atoms with E-state index >= 15 is 0 Å². The van der Waals surface area contributed by atoms with Crippen molar-refractivity contribution in [1.82, 2.24) is 9.88 Å². The van der Waals surface area contributed by atoms with Crippen LogP contribution >= 0.6 is 11.3 Å². The molecule has 0 unspecified atom stereocenters. The Morgan fingerprint density at radius 2 is 1.78 bits per heavy atom. The third-order valence-corrected chi connectivity index (χ3v) is 5.79. The molecule has 1 saturated heterocycles. The molecule has 2 heterocycles. The first-order valence-electron chi connectivity index (χ1n) is 8.71. The number of rotatable bonds is 5. The van der Waals surface area contributed by atoms with Crippen LogP contribution in [-0.2, 0) is 0 Å². The zero-order chi connectivity index (χ0) is 18.8. The number of nitro benzene ring substituents is 1. The van der Waals surface area contributed by atoms with Gasteiger partial charge in [-0.3, -0.25) is 19.8 Å². The number of carbonyl (C=O) groups is 1. The number of anilines is 1. The van der Waals surface area contributed by atoms with Gasteiger partial charge in [0.2, 0.25) is 0 Å². The summed E-state index contributed by atoms with van der Waals surface area (Å²) in [7, 11) is 0. The number of fused-ring (bicyclic) bond motifs is 1. The monoisotopic (exact) mass is 382 g/mol. The molecule has 0 N–H and O–H groups in total. The van der Waals surface area contributed by atoms with Crippen LogP contribution in [0.1, 0.15) is 10.4 Å². The summed E-state index contributed by atoms with van der Waals surface area (Å²) in [5.74, 6) is -0.0154. The maximum absolute atomic E-state index is 12.4. The second kappa shape index (κ2) is 7.42. The predicted molar refractivity (Wildman–Crippen MR) is 106 cm³/mol. The van der Waals surface area contributed by atoms with Crippen molar-refractivity contribution in [2.45, 2.75) is 0 Å². The number of hydrogen-bond donors (Lipinski definition) is 0. The van der Waals surface area contributed by atoms with E-state index in [9.17, 15) is 14.9 Å². The summed E-state index contributed by atoms with van der Waals surface area (Å²) in [5.41, 5.74) is 1.53. The topological polar surface area (TPSA) is 79.6 Å². The number of non-ortho nitro benzene ring substituents is 1. The van der Waals surface area contributed by atoms with E-state index in [2.05, 4.69) is 15.9 Å². The molecule has 27 heavy (non-hydrogen) atoms. The van der Waals surface area contributed by atoms with Crippen molar-refractivity contribution in [2.75, 3.05) is 37.6 Å². The number of para-hydroxylation sites is 1. The molecule has 0 amide bonds. The SMILES string of the molecule is O=C(CN1CCN(c2nc3ccccc3s2)CC1)c1ccc([N+](=O)[O-])cc1. The van der Waals surface area contributed by atoms with Gasteiger partial charge in [-0.15, -0.1) is 0 Å². The van der Waals surface area contributed by atoms with Crippen LogP contribution in [0, 0.1) is 10.1 Å². The lowest BCUT2D eigenvalue weighted by Gasteiger charge is -2.34. The smallest absolute Gasteiger partial charge is 0.269 e. The normalized spacial score (nSPS) is 15.2. The van der Waals surface area contributed by atoms with E-state index in [4.69, 9.17) is 4.98 Å². The molecule has 7 nitrogen and oxygen atoms in total. The van der Waals surface area contributed by atoms with Gasteiger partial charge in [0.1, 0.15) is 0 Å². The molecule has 3 aromatic rings. The first kappa shape index (κ1) is 17.6. The summed E-state index contributed by atoms with van der Waals surface area (Å²) >= 11 is 1.69. The highest BCUT2D eigenvalue weighted by Crippen LogP contribution is 2.29. The molecule has 1 fully saturated rings. The molecule has 138 valence electrons. The Hall–Kier alpha value is -2.84. The molecule has 0 radical (unpaired) electrons. The van der Waals surface area contributed by atoms with Crippen molar-refractivity contribution in [2.24, 2.45) is 0 Å². The highest BCUT2D eigenvalue weighted by Gasteiger charge is 2.22. The minimum atomic E-state index is -0.463. The number of piperazine rings is 1. The van der Waals surface area contributed by atoms with Crippen LogP contribution < -0.4 is 4.90 Å². The molecule has 0 spiro atoms. The number of benzene rings is 2. The van der Waals surface area contributed by atoms with E-state index in [1.165, 1.54) is 29.0 Å². The Morgan fingerprint density at radius 3 is 2.44 bits per heavy atom. The highest BCUT2D eigenvalue weighted by atomic mass is 32.1. The molecule has 0 saturated carbocycles. The number of Topliss-reactive ketones (excluding diaryl/α,β-unsaturated/α-hetero) is 1. The largest absolute Gasteiger partial charge is 0.345 e. The third-order valence-electron chi connectivity index (χ3n) is 4.69. The summed E-state index contributed by atoms with van der Waals surface area (Å²) < 4.78 is 1.18. The summed E-state index contributed by atoms with van der Waals surface area (Å²) in [6, 6.07) is 13.9. The maximum atomic E-state index is 12.4. The summed E-state index contributed by atoms with van der Waals surface area (Å²) in [4.78, 5) is 31.7. The Kier molecular flexibility index (Phi) is 4.83. The minimum absolute atomic E-state index is 0.00370. The number of hydrogen-bond acceptors (Lipinski definition) is 7. The zero-order valence-electron chi connectivity index (χ0n) is 14.6. The Bertz CT molecular complexity index is 945. The van der Waals surface area contributed by atoms with Crippen LogP contribution in [0.25, 0.3) is 10.2 Å². The zero-order valence-corrected chi connectivity index (χ0v) is 15.4. The van der Waals surface area contributed by atoms with E-state index in [0.29, 0.717) is 12.1 Å². The van der Waals surface area contributed by atoms with E-state index in [1.807, 2.05) is 18.2 Å². The van der Waals surface area contributed by atoms with Crippen molar-refractivity contribution in [3.05, 3.63) is 64.2 Å². The molecule has 0 atom stereocenters. The lowest BCUT2D eigenvalue weighted by molar-refractivity contribution is -0.384. The first-order chi connectivity index (χ1) is 13.1. The van der Waals surface area contributed by atoms with Gasteiger partial charge >= 0.3 is 0 Å². The number of nitrogens with zero attached hydrogens (tertiary/aromatic N) is 4. The second-order valence-electron chi connectivity index (χ2n) is 6.45. The summed E-state index contributed by atoms with van der Waals surface area (Å²) in [6.07, 6.45) is 0. The summed E-state index contributed by atoms with van der Waals surface area (Å²) in [5, 5.41) is 11.7. The van der Waals surface area contributed by atoms with Gasteiger partial charge in [0.25, 0.3) is 5.69 Å². The fraction of sp³-hybridized carbons (Fsp3) is 0.263. The lowest BCUT2D eigenvalue weighted by Crippen LogP contribution is -2.48. The second-order valence-corrected chi connectivity index (χ2v) is 7.46. The number of ketones is 1. The minimum Gasteiger partial charge on any atom is -0.345 e. The number of nitro groups is 1. The Labute approximate surface area is 160 Å². The maximum Gasteiger partial charge on any atom is 0.269 e. The molecule has 2 aromatic carbocycles. The van der Waals surface area contributed by atoms with Crippen molar-refractivity contribution >= 4 is 38.2 Å². The van der Waals surface area contributed by atoms with Gasteiger partial charge in [0.15, 0.2) is 10.9 Å². The molecule has 1 aliphatic rings. The van der Waals surface area contributed by atoms with Gasteiger partial charge in [-0.25, -0.2) is 4.98 Å². The van der Waals surface area contributed by atoms with Crippen LogP contribution in [0.15, 0.2) is 48.5 Å². The van der Waals surface area contributed by atoms with E-state index in [1.54, 1.807) is 11.3 Å². The number of carbonyl (C=O) groups excluding carboxylic acids is 1. The molecular formula is C19H18N4O3S. The first-order valence-corrected chi connectivity index (χ1v) is 9.52. The van der Waals surface area contributed by atoms with Crippen LogP contribution in [0.4, 0.5) is 10.8 Å². The van der Waals surface area contributed by atoms with Crippen LogP contribution in [-0.4, -0.2) is 53.3 Å². The molecule has 0 bridgehead atoms. The van der Waals surface area contributed by atoms with Crippen LogP contribution in [0.3, 0.4) is 0 Å². The average Bonchev–Trinajstić information content (AvgIpc) is 3.13. The highest BCUT2D eigenvalue weighted by molar-refractivity contribution is 7.22. The van der Waals surface area contributed by atoms with Crippen LogP contribution in [0.5, 0.6) is 0 Å². The predicted octanol–water partition coefficient (Wildman–Crippen LogP) is 3.21. The van der Waals surface area contributed by atoms with Crippen LogP contribution in [0.2, 0.25) is 0 Å². The molecule has 0 aliphatic carbocycles. The van der Waals surface area contributed by atoms with Gasteiger partial charge < -0.3 is 4.90 Å². The van der Waals surface area contributed by atoms with Crippen molar-refractivity contribution < 1.29 is 9.72 Å². The van der Waals surface area contributed by atoms with E-state index in [0.717, 1.165) is 36.8 Å². The fourth-order valence-electron chi connectivity index (χ4n) is 3.16.